The van der Waals surface area contributed by atoms with Gasteiger partial charge in [0.15, 0.2) is 5.78 Å². The number of carbonyl (C=O) groups is 2. The van der Waals surface area contributed by atoms with Crippen LogP contribution in [0.5, 0.6) is 0 Å². The third kappa shape index (κ3) is 3.59. The number of aromatic nitrogens is 3. The molecule has 0 spiro atoms. The minimum absolute atomic E-state index is 0.0145. The molecule has 0 saturated carbocycles. The highest BCUT2D eigenvalue weighted by atomic mass is 79.9. The maximum Gasteiger partial charge on any atom is 0.272 e. The van der Waals surface area contributed by atoms with Gasteiger partial charge in [-0.1, -0.05) is 11.6 Å². The Balaban J connectivity index is 1.85. The maximum atomic E-state index is 14.2. The van der Waals surface area contributed by atoms with Crippen molar-refractivity contribution in [2.75, 3.05) is 5.32 Å². The molecule has 126 valence electrons. The monoisotopic (exact) mass is 422 g/mol. The number of hydrogen-bond acceptors (Lipinski definition) is 4. The Morgan fingerprint density at radius 2 is 1.96 bits per heavy atom. The lowest BCUT2D eigenvalue weighted by atomic mass is 10.1. The fraction of sp³-hybridized carbons (Fsp3) is 0. The molecular weight excluding hydrogens is 415 g/mol. The van der Waals surface area contributed by atoms with E-state index < -0.39 is 17.5 Å². The van der Waals surface area contributed by atoms with Crippen LogP contribution in [0.4, 0.5) is 10.1 Å². The van der Waals surface area contributed by atoms with Gasteiger partial charge in [0.2, 0.25) is 0 Å². The van der Waals surface area contributed by atoms with E-state index in [1.807, 2.05) is 0 Å². The van der Waals surface area contributed by atoms with Crippen molar-refractivity contribution in [2.45, 2.75) is 0 Å². The number of nitrogens with zero attached hydrogens (tertiary/aromatic N) is 2. The third-order valence-electron chi connectivity index (χ3n) is 3.28. The van der Waals surface area contributed by atoms with E-state index in [1.165, 1.54) is 43.1 Å². The molecule has 2 N–H and O–H groups in total. The Bertz CT molecular complexity index is 962. The molecule has 0 atom stereocenters. The number of aromatic amines is 1. The lowest BCUT2D eigenvalue weighted by molar-refractivity contribution is 0.102. The zero-order valence-corrected chi connectivity index (χ0v) is 14.7. The summed E-state index contributed by atoms with van der Waals surface area (Å²) in [5, 5.41) is 2.55. The quantitative estimate of drug-likeness (QED) is 0.493. The van der Waals surface area contributed by atoms with Gasteiger partial charge in [0.25, 0.3) is 5.91 Å². The predicted octanol–water partition coefficient (Wildman–Crippen LogP) is 3.84. The molecule has 2 aromatic heterocycles. The normalized spacial score (nSPS) is 10.5. The van der Waals surface area contributed by atoms with Crippen LogP contribution < -0.4 is 5.32 Å². The molecular formula is C16H9BrClFN4O2. The maximum absolute atomic E-state index is 14.2. The van der Waals surface area contributed by atoms with Gasteiger partial charge in [0, 0.05) is 11.8 Å². The molecule has 2 heterocycles. The molecule has 3 rings (SSSR count). The van der Waals surface area contributed by atoms with Crippen LogP contribution in [0.1, 0.15) is 26.4 Å². The summed E-state index contributed by atoms with van der Waals surface area (Å²) < 4.78 is 14.3. The van der Waals surface area contributed by atoms with Crippen molar-refractivity contribution in [3.8, 4) is 0 Å². The summed E-state index contributed by atoms with van der Waals surface area (Å²) in [6.45, 7) is 0. The summed E-state index contributed by atoms with van der Waals surface area (Å²) in [6.07, 6.45) is 5.50. The lowest BCUT2D eigenvalue weighted by Gasteiger charge is -2.05. The van der Waals surface area contributed by atoms with Crippen molar-refractivity contribution < 1.29 is 14.0 Å². The van der Waals surface area contributed by atoms with Gasteiger partial charge in [-0.3, -0.25) is 9.59 Å². The van der Waals surface area contributed by atoms with Gasteiger partial charge in [-0.25, -0.2) is 14.4 Å². The van der Waals surface area contributed by atoms with Gasteiger partial charge in [-0.05, 0) is 34.1 Å². The zero-order valence-electron chi connectivity index (χ0n) is 12.4. The third-order valence-corrected chi connectivity index (χ3v) is 4.21. The van der Waals surface area contributed by atoms with Gasteiger partial charge in [0.05, 0.1) is 33.1 Å². The predicted molar refractivity (Wildman–Crippen MR) is 93.3 cm³/mol. The number of anilines is 1. The van der Waals surface area contributed by atoms with E-state index in [0.717, 1.165) is 0 Å². The Kier molecular flexibility index (Phi) is 4.91. The summed E-state index contributed by atoms with van der Waals surface area (Å²) >= 11 is 8.95. The summed E-state index contributed by atoms with van der Waals surface area (Å²) in [4.78, 5) is 34.9. The first-order chi connectivity index (χ1) is 12.0. The fourth-order valence-electron chi connectivity index (χ4n) is 2.10. The minimum Gasteiger partial charge on any atom is -0.356 e. The van der Waals surface area contributed by atoms with Crippen molar-refractivity contribution in [1.82, 2.24) is 15.0 Å². The standard InChI is InChI=1S/C16H9BrClFN4O2/c17-10-1-2-11(18)13(14(10)19)15(24)8-3-12(22-4-8)16(25)23-9-5-20-7-21-6-9/h1-7,22H,(H,23,25). The largest absolute Gasteiger partial charge is 0.356 e. The molecule has 0 fully saturated rings. The molecule has 0 saturated heterocycles. The van der Waals surface area contributed by atoms with Crippen LogP contribution in [-0.2, 0) is 0 Å². The molecule has 3 aromatic rings. The first-order valence-corrected chi connectivity index (χ1v) is 8.07. The van der Waals surface area contributed by atoms with E-state index in [2.05, 4.69) is 36.2 Å². The number of amides is 1. The van der Waals surface area contributed by atoms with E-state index >= 15 is 0 Å². The summed E-state index contributed by atoms with van der Waals surface area (Å²) in [7, 11) is 0. The van der Waals surface area contributed by atoms with E-state index in [4.69, 9.17) is 11.6 Å². The molecule has 0 bridgehead atoms. The van der Waals surface area contributed by atoms with Crippen LogP contribution in [-0.4, -0.2) is 26.6 Å². The minimum atomic E-state index is -0.758. The summed E-state index contributed by atoms with van der Waals surface area (Å²) in [5.74, 6) is -1.89. The van der Waals surface area contributed by atoms with Crippen molar-refractivity contribution in [1.29, 1.82) is 0 Å². The highest BCUT2D eigenvalue weighted by molar-refractivity contribution is 9.10. The van der Waals surface area contributed by atoms with Crippen LogP contribution in [0.3, 0.4) is 0 Å². The van der Waals surface area contributed by atoms with Crippen molar-refractivity contribution >= 4 is 44.9 Å². The van der Waals surface area contributed by atoms with Crippen LogP contribution in [0.2, 0.25) is 5.02 Å². The van der Waals surface area contributed by atoms with Crippen molar-refractivity contribution in [3.63, 3.8) is 0 Å². The summed E-state index contributed by atoms with van der Waals surface area (Å²) in [6, 6.07) is 4.14. The number of halogens is 3. The highest BCUT2D eigenvalue weighted by Gasteiger charge is 2.22. The molecule has 25 heavy (non-hydrogen) atoms. The van der Waals surface area contributed by atoms with Gasteiger partial charge < -0.3 is 10.3 Å². The lowest BCUT2D eigenvalue weighted by Crippen LogP contribution is -2.12. The topological polar surface area (TPSA) is 87.7 Å². The number of rotatable bonds is 4. The number of hydrogen-bond donors (Lipinski definition) is 2. The van der Waals surface area contributed by atoms with E-state index in [9.17, 15) is 14.0 Å². The average molecular weight is 424 g/mol. The van der Waals surface area contributed by atoms with Gasteiger partial charge in [-0.15, -0.1) is 0 Å². The van der Waals surface area contributed by atoms with Crippen LogP contribution in [0.25, 0.3) is 0 Å². The van der Waals surface area contributed by atoms with Crippen molar-refractivity contribution in [3.05, 3.63) is 75.3 Å². The number of carbonyl (C=O) groups excluding carboxylic acids is 2. The Morgan fingerprint density at radius 3 is 2.68 bits per heavy atom. The van der Waals surface area contributed by atoms with Gasteiger partial charge >= 0.3 is 0 Å². The Labute approximate surface area is 154 Å². The molecule has 0 radical (unpaired) electrons. The van der Waals surface area contributed by atoms with Crippen molar-refractivity contribution in [2.24, 2.45) is 0 Å². The SMILES string of the molecule is O=C(Nc1cncnc1)c1cc(C(=O)c2c(Cl)ccc(Br)c2F)c[nH]1. The second-order valence-corrected chi connectivity index (χ2v) is 6.19. The molecule has 9 heteroatoms. The average Bonchev–Trinajstić information content (AvgIpc) is 3.09. The van der Waals surface area contributed by atoms with E-state index in [-0.39, 0.29) is 26.3 Å². The van der Waals surface area contributed by atoms with Crippen LogP contribution in [0.15, 0.2) is 47.6 Å². The second-order valence-electron chi connectivity index (χ2n) is 4.93. The molecule has 1 amide bonds. The number of H-pyrrole nitrogens is 1. The number of nitrogens with one attached hydrogen (secondary N) is 2. The first-order valence-electron chi connectivity index (χ1n) is 6.90. The van der Waals surface area contributed by atoms with E-state index in [0.29, 0.717) is 5.69 Å². The van der Waals surface area contributed by atoms with E-state index in [1.54, 1.807) is 0 Å². The number of benzene rings is 1. The molecule has 0 aliphatic carbocycles. The molecule has 0 unspecified atom stereocenters. The Morgan fingerprint density at radius 1 is 1.24 bits per heavy atom. The molecule has 0 aliphatic rings. The van der Waals surface area contributed by atoms with Gasteiger partial charge in [-0.2, -0.15) is 0 Å². The number of ketones is 1. The zero-order chi connectivity index (χ0) is 18.0. The van der Waals surface area contributed by atoms with Crippen LogP contribution >= 0.6 is 27.5 Å². The fourth-order valence-corrected chi connectivity index (χ4v) is 2.66. The molecule has 0 aliphatic heterocycles. The van der Waals surface area contributed by atoms with Crippen LogP contribution in [0, 0.1) is 5.82 Å². The highest BCUT2D eigenvalue weighted by Crippen LogP contribution is 2.28. The smallest absolute Gasteiger partial charge is 0.272 e. The molecule has 1 aromatic carbocycles. The summed E-state index contributed by atoms with van der Waals surface area (Å²) in [5.41, 5.74) is 0.363. The van der Waals surface area contributed by atoms with Gasteiger partial charge in [0.1, 0.15) is 17.8 Å². The second kappa shape index (κ2) is 7.12. The molecule has 6 nitrogen and oxygen atoms in total. The first kappa shape index (κ1) is 17.2. The Hall–Kier alpha value is -2.58.